The highest BCUT2D eigenvalue weighted by molar-refractivity contribution is 5.93. The molecular weight excluding hydrogens is 368 g/mol. The van der Waals surface area contributed by atoms with Gasteiger partial charge in [-0.25, -0.2) is 0 Å². The predicted molar refractivity (Wildman–Crippen MR) is 115 cm³/mol. The number of para-hydroxylation sites is 1. The summed E-state index contributed by atoms with van der Waals surface area (Å²) in [5, 5.41) is 16.7. The van der Waals surface area contributed by atoms with Gasteiger partial charge < -0.3 is 10.6 Å². The van der Waals surface area contributed by atoms with Gasteiger partial charge >= 0.3 is 0 Å². The molecule has 0 heterocycles. The second-order valence-corrected chi connectivity index (χ2v) is 7.57. The molecule has 0 atom stereocenters. The Hall–Kier alpha value is -2.93. The Bertz CT molecular complexity index is 832. The topological polar surface area (TPSA) is 87.5 Å². The fourth-order valence-electron chi connectivity index (χ4n) is 3.80. The number of amides is 1. The van der Waals surface area contributed by atoms with E-state index in [-0.39, 0.29) is 18.1 Å². The minimum Gasteiger partial charge on any atom is -0.376 e. The van der Waals surface area contributed by atoms with Crippen LogP contribution in [-0.4, -0.2) is 35.4 Å². The lowest BCUT2D eigenvalue weighted by atomic mass is 9.94. The summed E-state index contributed by atoms with van der Waals surface area (Å²) in [6.07, 6.45) is 6.45. The molecule has 0 radical (unpaired) electrons. The molecule has 1 aliphatic carbocycles. The molecule has 2 N–H and O–H groups in total. The van der Waals surface area contributed by atoms with Crippen molar-refractivity contribution < 1.29 is 9.72 Å². The standard InChI is InChI=1S/C22H28N4O3/c1-25(19-8-3-2-4-9-19)16-17-7-5-6-10-21(17)23-15-22(27)24-18-11-13-20(14-12-18)26(28)29/h5-7,10-14,19,23H,2-4,8-9,15-16H2,1H3,(H,24,27). The van der Waals surface area contributed by atoms with Crippen LogP contribution in [0, 0.1) is 10.1 Å². The Kier molecular flexibility index (Phi) is 7.19. The van der Waals surface area contributed by atoms with Gasteiger partial charge in [0.2, 0.25) is 5.91 Å². The zero-order valence-corrected chi connectivity index (χ0v) is 16.8. The predicted octanol–water partition coefficient (Wildman–Crippen LogP) is 4.41. The van der Waals surface area contributed by atoms with Crippen LogP contribution < -0.4 is 10.6 Å². The van der Waals surface area contributed by atoms with Gasteiger partial charge in [0.1, 0.15) is 0 Å². The van der Waals surface area contributed by atoms with Crippen molar-refractivity contribution >= 4 is 23.0 Å². The van der Waals surface area contributed by atoms with Crippen molar-refractivity contribution in [2.24, 2.45) is 0 Å². The van der Waals surface area contributed by atoms with Crippen LogP contribution in [0.3, 0.4) is 0 Å². The van der Waals surface area contributed by atoms with E-state index in [1.165, 1.54) is 61.9 Å². The third-order valence-corrected chi connectivity index (χ3v) is 5.44. The largest absolute Gasteiger partial charge is 0.376 e. The molecule has 0 saturated heterocycles. The molecule has 3 rings (SSSR count). The summed E-state index contributed by atoms with van der Waals surface area (Å²) in [5.41, 5.74) is 2.66. The van der Waals surface area contributed by atoms with E-state index in [0.29, 0.717) is 11.7 Å². The van der Waals surface area contributed by atoms with Crippen LogP contribution in [0.15, 0.2) is 48.5 Å². The summed E-state index contributed by atoms with van der Waals surface area (Å²) in [6.45, 7) is 0.971. The number of nitrogens with one attached hydrogen (secondary N) is 2. The van der Waals surface area contributed by atoms with E-state index in [2.05, 4.69) is 28.6 Å². The summed E-state index contributed by atoms with van der Waals surface area (Å²) in [6, 6.07) is 14.5. The van der Waals surface area contributed by atoms with Crippen LogP contribution in [0.4, 0.5) is 17.1 Å². The first kappa shape index (κ1) is 20.8. The van der Waals surface area contributed by atoms with E-state index < -0.39 is 4.92 Å². The molecule has 0 bridgehead atoms. The van der Waals surface area contributed by atoms with Crippen molar-refractivity contribution in [3.05, 3.63) is 64.2 Å². The van der Waals surface area contributed by atoms with E-state index in [4.69, 9.17) is 0 Å². The monoisotopic (exact) mass is 396 g/mol. The molecule has 154 valence electrons. The number of nitrogens with zero attached hydrogens (tertiary/aromatic N) is 2. The normalized spacial score (nSPS) is 14.6. The SMILES string of the molecule is CN(Cc1ccccc1NCC(=O)Nc1ccc([N+](=O)[O-])cc1)C1CCCCC1. The summed E-state index contributed by atoms with van der Waals surface area (Å²) in [5.74, 6) is -0.200. The van der Waals surface area contributed by atoms with E-state index in [1.807, 2.05) is 18.2 Å². The van der Waals surface area contributed by atoms with Gasteiger partial charge in [0.05, 0.1) is 11.5 Å². The van der Waals surface area contributed by atoms with Crippen LogP contribution in [0.2, 0.25) is 0 Å². The molecule has 29 heavy (non-hydrogen) atoms. The zero-order chi connectivity index (χ0) is 20.6. The van der Waals surface area contributed by atoms with Gasteiger partial charge in [-0.3, -0.25) is 19.8 Å². The smallest absolute Gasteiger partial charge is 0.269 e. The summed E-state index contributed by atoms with van der Waals surface area (Å²) in [7, 11) is 2.17. The number of hydrogen-bond donors (Lipinski definition) is 2. The molecule has 0 aromatic heterocycles. The first-order chi connectivity index (χ1) is 14.0. The van der Waals surface area contributed by atoms with Gasteiger partial charge in [-0.2, -0.15) is 0 Å². The summed E-state index contributed by atoms with van der Waals surface area (Å²) < 4.78 is 0. The third kappa shape index (κ3) is 6.02. The van der Waals surface area contributed by atoms with Gasteiger partial charge in [0, 0.05) is 36.1 Å². The number of hydrogen-bond acceptors (Lipinski definition) is 5. The highest BCUT2D eigenvalue weighted by Crippen LogP contribution is 2.25. The molecule has 0 aliphatic heterocycles. The molecule has 1 aliphatic rings. The quantitative estimate of drug-likeness (QED) is 0.510. The highest BCUT2D eigenvalue weighted by Gasteiger charge is 2.19. The van der Waals surface area contributed by atoms with Crippen molar-refractivity contribution in [1.29, 1.82) is 0 Å². The lowest BCUT2D eigenvalue weighted by Crippen LogP contribution is -2.33. The summed E-state index contributed by atoms with van der Waals surface area (Å²) in [4.78, 5) is 24.9. The Morgan fingerprint density at radius 2 is 1.79 bits per heavy atom. The van der Waals surface area contributed by atoms with Gasteiger partial charge in [-0.05, 0) is 43.7 Å². The molecule has 2 aromatic carbocycles. The number of carbonyl (C=O) groups is 1. The first-order valence-corrected chi connectivity index (χ1v) is 10.1. The molecule has 2 aromatic rings. The molecule has 1 fully saturated rings. The first-order valence-electron chi connectivity index (χ1n) is 10.1. The number of carbonyl (C=O) groups excluding carboxylic acids is 1. The minimum absolute atomic E-state index is 0.00265. The number of non-ortho nitro benzene ring substituents is 1. The molecule has 1 saturated carbocycles. The van der Waals surface area contributed by atoms with Crippen molar-refractivity contribution in [2.45, 2.75) is 44.7 Å². The average Bonchev–Trinajstić information content (AvgIpc) is 2.74. The Morgan fingerprint density at radius 1 is 1.10 bits per heavy atom. The number of benzene rings is 2. The molecule has 7 nitrogen and oxygen atoms in total. The maximum absolute atomic E-state index is 12.3. The fraction of sp³-hybridized carbons (Fsp3) is 0.409. The van der Waals surface area contributed by atoms with Crippen molar-refractivity contribution in [2.75, 3.05) is 24.2 Å². The van der Waals surface area contributed by atoms with Crippen LogP contribution in [-0.2, 0) is 11.3 Å². The van der Waals surface area contributed by atoms with Crippen molar-refractivity contribution in [3.63, 3.8) is 0 Å². The Morgan fingerprint density at radius 3 is 2.48 bits per heavy atom. The van der Waals surface area contributed by atoms with Crippen molar-refractivity contribution in [1.82, 2.24) is 4.90 Å². The average molecular weight is 396 g/mol. The van der Waals surface area contributed by atoms with Gasteiger partial charge in [-0.1, -0.05) is 37.5 Å². The number of nitro groups is 1. The number of nitro benzene ring substituents is 1. The Labute approximate surface area is 171 Å². The summed E-state index contributed by atoms with van der Waals surface area (Å²) >= 11 is 0. The zero-order valence-electron chi connectivity index (χ0n) is 16.8. The third-order valence-electron chi connectivity index (χ3n) is 5.44. The van der Waals surface area contributed by atoms with Gasteiger partial charge in [0.15, 0.2) is 0 Å². The Balaban J connectivity index is 1.54. The second-order valence-electron chi connectivity index (χ2n) is 7.57. The van der Waals surface area contributed by atoms with Crippen molar-refractivity contribution in [3.8, 4) is 0 Å². The van der Waals surface area contributed by atoms with Crippen LogP contribution in [0.25, 0.3) is 0 Å². The highest BCUT2D eigenvalue weighted by atomic mass is 16.6. The van der Waals surface area contributed by atoms with Crippen LogP contribution in [0.1, 0.15) is 37.7 Å². The van der Waals surface area contributed by atoms with E-state index >= 15 is 0 Å². The van der Waals surface area contributed by atoms with Crippen LogP contribution >= 0.6 is 0 Å². The molecule has 0 spiro atoms. The number of anilines is 2. The maximum Gasteiger partial charge on any atom is 0.269 e. The van der Waals surface area contributed by atoms with E-state index in [9.17, 15) is 14.9 Å². The molecule has 7 heteroatoms. The fourth-order valence-corrected chi connectivity index (χ4v) is 3.80. The van der Waals surface area contributed by atoms with Crippen LogP contribution in [0.5, 0.6) is 0 Å². The minimum atomic E-state index is -0.464. The van der Waals surface area contributed by atoms with E-state index in [0.717, 1.165) is 12.2 Å². The number of rotatable bonds is 8. The molecule has 1 amide bonds. The second kappa shape index (κ2) is 10.0. The van der Waals surface area contributed by atoms with Gasteiger partial charge in [0.25, 0.3) is 5.69 Å². The molecule has 0 unspecified atom stereocenters. The van der Waals surface area contributed by atoms with Gasteiger partial charge in [-0.15, -0.1) is 0 Å². The molecular formula is C22H28N4O3. The lowest BCUT2D eigenvalue weighted by molar-refractivity contribution is -0.384. The maximum atomic E-state index is 12.3. The lowest BCUT2D eigenvalue weighted by Gasteiger charge is -2.31. The van der Waals surface area contributed by atoms with E-state index in [1.54, 1.807) is 0 Å².